The zero-order valence-corrected chi connectivity index (χ0v) is 18.1. The van der Waals surface area contributed by atoms with Crippen LogP contribution in [0.2, 0.25) is 0 Å². The van der Waals surface area contributed by atoms with E-state index in [0.717, 1.165) is 48.7 Å². The largest absolute Gasteiger partial charge is 0.361 e. The maximum atomic E-state index is 13.3. The van der Waals surface area contributed by atoms with Crippen LogP contribution >= 0.6 is 35.7 Å². The van der Waals surface area contributed by atoms with Gasteiger partial charge in [-0.25, -0.2) is 4.39 Å². The Kier molecular flexibility index (Phi) is 7.01. The highest BCUT2D eigenvalue weighted by atomic mass is 127. The van der Waals surface area contributed by atoms with Crippen molar-refractivity contribution in [3.8, 4) is 0 Å². The molecule has 138 valence electrons. The highest BCUT2D eigenvalue weighted by Gasteiger charge is 2.28. The molecule has 1 saturated heterocycles. The average molecular weight is 476 g/mol. The van der Waals surface area contributed by atoms with E-state index in [2.05, 4.69) is 34.0 Å². The first kappa shape index (κ1) is 20.4. The topological polar surface area (TPSA) is 43.4 Å². The molecule has 7 heteroatoms. The van der Waals surface area contributed by atoms with Crippen LogP contribution in [0.15, 0.2) is 29.4 Å². The molecular formula is C18H26FIN4S. The van der Waals surface area contributed by atoms with Crippen LogP contribution in [-0.4, -0.2) is 53.0 Å². The Labute approximate surface area is 170 Å². The quantitative estimate of drug-likeness (QED) is 0.402. The summed E-state index contributed by atoms with van der Waals surface area (Å²) in [5.41, 5.74) is 2.05. The number of hydrogen-bond acceptors (Lipinski definition) is 2. The van der Waals surface area contributed by atoms with Gasteiger partial charge in [-0.15, -0.1) is 24.0 Å². The summed E-state index contributed by atoms with van der Waals surface area (Å²) in [6.45, 7) is 7.40. The molecule has 1 aliphatic rings. The number of halogens is 2. The second-order valence-electron chi connectivity index (χ2n) is 6.76. The Hall–Kier alpha value is -0.960. The zero-order chi connectivity index (χ0) is 17.2. The van der Waals surface area contributed by atoms with Crippen LogP contribution in [0.5, 0.6) is 0 Å². The average Bonchev–Trinajstić information content (AvgIpc) is 2.92. The Morgan fingerprint density at radius 2 is 2.24 bits per heavy atom. The normalized spacial score (nSPS) is 17.4. The highest BCUT2D eigenvalue weighted by molar-refractivity contribution is 14.0. The molecule has 0 unspecified atom stereocenters. The number of rotatable bonds is 3. The molecule has 0 amide bonds. The van der Waals surface area contributed by atoms with Gasteiger partial charge < -0.3 is 15.2 Å². The SMILES string of the molecule is CN=C(NCCc1c[nH]c2cc(F)ccc12)N1CCSC(C)(C)C1.I. The molecule has 2 aromatic rings. The van der Waals surface area contributed by atoms with Crippen molar-refractivity contribution < 1.29 is 4.39 Å². The number of thioether (sulfide) groups is 1. The molecule has 2 N–H and O–H groups in total. The van der Waals surface area contributed by atoms with Crippen LogP contribution in [0.4, 0.5) is 4.39 Å². The summed E-state index contributed by atoms with van der Waals surface area (Å²) in [5, 5.41) is 4.56. The van der Waals surface area contributed by atoms with E-state index < -0.39 is 0 Å². The van der Waals surface area contributed by atoms with E-state index in [-0.39, 0.29) is 34.5 Å². The van der Waals surface area contributed by atoms with Gasteiger partial charge in [0.25, 0.3) is 0 Å². The summed E-state index contributed by atoms with van der Waals surface area (Å²) in [6.07, 6.45) is 2.84. The van der Waals surface area contributed by atoms with E-state index in [9.17, 15) is 4.39 Å². The van der Waals surface area contributed by atoms with Gasteiger partial charge in [-0.1, -0.05) is 0 Å². The number of aromatic amines is 1. The summed E-state index contributed by atoms with van der Waals surface area (Å²) < 4.78 is 13.5. The van der Waals surface area contributed by atoms with Crippen LogP contribution in [-0.2, 0) is 6.42 Å². The Morgan fingerprint density at radius 3 is 2.96 bits per heavy atom. The fraction of sp³-hybridized carbons (Fsp3) is 0.500. The van der Waals surface area contributed by atoms with Crippen LogP contribution in [0.3, 0.4) is 0 Å². The van der Waals surface area contributed by atoms with E-state index in [1.54, 1.807) is 6.07 Å². The number of nitrogens with zero attached hydrogens (tertiary/aromatic N) is 2. The smallest absolute Gasteiger partial charge is 0.193 e. The van der Waals surface area contributed by atoms with Gasteiger partial charge in [-0.2, -0.15) is 11.8 Å². The summed E-state index contributed by atoms with van der Waals surface area (Å²) in [6, 6.07) is 4.90. The number of hydrogen-bond donors (Lipinski definition) is 2. The molecule has 3 rings (SSSR count). The molecule has 0 spiro atoms. The van der Waals surface area contributed by atoms with Gasteiger partial charge in [0.15, 0.2) is 5.96 Å². The van der Waals surface area contributed by atoms with Gasteiger partial charge in [-0.3, -0.25) is 4.99 Å². The third-order valence-electron chi connectivity index (χ3n) is 4.34. The number of aliphatic imine (C=N–C) groups is 1. The van der Waals surface area contributed by atoms with Crippen LogP contribution < -0.4 is 5.32 Å². The lowest BCUT2D eigenvalue weighted by Crippen LogP contribution is -2.51. The third-order valence-corrected chi connectivity index (χ3v) is 5.64. The lowest BCUT2D eigenvalue weighted by atomic mass is 10.1. The first-order valence-corrected chi connectivity index (χ1v) is 9.32. The Bertz CT molecular complexity index is 744. The van der Waals surface area contributed by atoms with Crippen molar-refractivity contribution in [1.82, 2.24) is 15.2 Å². The molecule has 1 fully saturated rings. The van der Waals surface area contributed by atoms with E-state index in [1.165, 1.54) is 11.6 Å². The van der Waals surface area contributed by atoms with Crippen molar-refractivity contribution in [1.29, 1.82) is 0 Å². The molecule has 2 heterocycles. The zero-order valence-electron chi connectivity index (χ0n) is 14.9. The lowest BCUT2D eigenvalue weighted by Gasteiger charge is -2.39. The molecule has 25 heavy (non-hydrogen) atoms. The molecule has 0 saturated carbocycles. The van der Waals surface area contributed by atoms with Crippen molar-refractivity contribution in [2.24, 2.45) is 4.99 Å². The van der Waals surface area contributed by atoms with Crippen LogP contribution in [0, 0.1) is 5.82 Å². The van der Waals surface area contributed by atoms with Crippen LogP contribution in [0.1, 0.15) is 19.4 Å². The summed E-state index contributed by atoms with van der Waals surface area (Å²) in [7, 11) is 1.84. The first-order valence-electron chi connectivity index (χ1n) is 8.33. The number of H-pyrrole nitrogens is 1. The summed E-state index contributed by atoms with van der Waals surface area (Å²) >= 11 is 2.02. The van der Waals surface area contributed by atoms with E-state index in [0.29, 0.717) is 0 Å². The van der Waals surface area contributed by atoms with Gasteiger partial charge in [-0.05, 0) is 44.0 Å². The molecule has 4 nitrogen and oxygen atoms in total. The van der Waals surface area contributed by atoms with Crippen molar-refractivity contribution >= 4 is 52.6 Å². The second kappa shape index (κ2) is 8.62. The monoisotopic (exact) mass is 476 g/mol. The molecule has 0 radical (unpaired) electrons. The van der Waals surface area contributed by atoms with Gasteiger partial charge in [0.2, 0.25) is 0 Å². The number of guanidine groups is 1. The Balaban J connectivity index is 0.00000225. The fourth-order valence-corrected chi connectivity index (χ4v) is 4.32. The fourth-order valence-electron chi connectivity index (χ4n) is 3.20. The number of nitrogens with one attached hydrogen (secondary N) is 2. The van der Waals surface area contributed by atoms with Gasteiger partial charge in [0.05, 0.1) is 0 Å². The van der Waals surface area contributed by atoms with Crippen LogP contribution in [0.25, 0.3) is 10.9 Å². The minimum Gasteiger partial charge on any atom is -0.361 e. The predicted molar refractivity (Wildman–Crippen MR) is 117 cm³/mol. The number of aromatic nitrogens is 1. The summed E-state index contributed by atoms with van der Waals surface area (Å²) in [5.74, 6) is 1.89. The molecule has 1 aromatic carbocycles. The Morgan fingerprint density at radius 1 is 1.44 bits per heavy atom. The highest BCUT2D eigenvalue weighted by Crippen LogP contribution is 2.29. The molecule has 1 aromatic heterocycles. The van der Waals surface area contributed by atoms with Gasteiger partial charge in [0.1, 0.15) is 5.82 Å². The second-order valence-corrected chi connectivity index (χ2v) is 8.56. The minimum atomic E-state index is -0.208. The van der Waals surface area contributed by atoms with Gasteiger partial charge >= 0.3 is 0 Å². The van der Waals surface area contributed by atoms with Crippen molar-refractivity contribution in [3.63, 3.8) is 0 Å². The van der Waals surface area contributed by atoms with Gasteiger partial charge in [0, 0.05) is 54.3 Å². The van der Waals surface area contributed by atoms with E-state index >= 15 is 0 Å². The number of fused-ring (bicyclic) bond motifs is 1. The molecule has 0 bridgehead atoms. The van der Waals surface area contributed by atoms with E-state index in [1.807, 2.05) is 31.1 Å². The minimum absolute atomic E-state index is 0. The maximum absolute atomic E-state index is 13.3. The standard InChI is InChI=1S/C18H25FN4S.HI/c1-18(2)12-23(8-9-24-18)17(20-3)21-7-6-13-11-22-16-10-14(19)4-5-15(13)16;/h4-5,10-11,22H,6-9,12H2,1-3H3,(H,20,21);1H. The lowest BCUT2D eigenvalue weighted by molar-refractivity contribution is 0.376. The van der Waals surface area contributed by atoms with Crippen molar-refractivity contribution in [2.45, 2.75) is 25.0 Å². The van der Waals surface area contributed by atoms with E-state index in [4.69, 9.17) is 0 Å². The predicted octanol–water partition coefficient (Wildman–Crippen LogP) is 3.87. The first-order chi connectivity index (χ1) is 11.5. The number of benzene rings is 1. The maximum Gasteiger partial charge on any atom is 0.193 e. The van der Waals surface area contributed by atoms with Crippen molar-refractivity contribution in [2.75, 3.05) is 32.4 Å². The molecular weight excluding hydrogens is 450 g/mol. The summed E-state index contributed by atoms with van der Waals surface area (Å²) in [4.78, 5) is 9.91. The van der Waals surface area contributed by atoms with Crippen molar-refractivity contribution in [3.05, 3.63) is 35.8 Å². The molecule has 0 aliphatic carbocycles. The molecule has 0 atom stereocenters. The third kappa shape index (κ3) is 5.03. The molecule has 1 aliphatic heterocycles.